The average Bonchev–Trinajstić information content (AvgIpc) is 3.03. The Bertz CT molecular complexity index is 605. The number of hydrogen-bond donors (Lipinski definition) is 1. The minimum Gasteiger partial charge on any atom is -0.355 e. The number of thiophene rings is 1. The molecule has 0 unspecified atom stereocenters. The minimum absolute atomic E-state index is 0.104. The van der Waals surface area contributed by atoms with E-state index in [-0.39, 0.29) is 23.6 Å². The average molecular weight is 289 g/mol. The SMILES string of the molecule is O=C(Cc1ccccc1F)NCC1(c2cccs2)CC1. The van der Waals surface area contributed by atoms with Crippen LogP contribution >= 0.6 is 11.3 Å². The Morgan fingerprint density at radius 2 is 2.05 bits per heavy atom. The van der Waals surface area contributed by atoms with Crippen LogP contribution in [0.2, 0.25) is 0 Å². The standard InChI is InChI=1S/C16H16FNOS/c17-13-5-2-1-4-12(13)10-15(19)18-11-16(7-8-16)14-6-3-9-20-14/h1-6,9H,7-8,10-11H2,(H,18,19). The zero-order valence-corrected chi connectivity index (χ0v) is 11.9. The van der Waals surface area contributed by atoms with Gasteiger partial charge in [0.2, 0.25) is 5.91 Å². The molecule has 1 amide bonds. The molecule has 0 radical (unpaired) electrons. The van der Waals surface area contributed by atoms with Crippen LogP contribution in [0, 0.1) is 5.82 Å². The summed E-state index contributed by atoms with van der Waals surface area (Å²) in [6, 6.07) is 10.6. The van der Waals surface area contributed by atoms with Gasteiger partial charge in [0.15, 0.2) is 0 Å². The van der Waals surface area contributed by atoms with Crippen molar-refractivity contribution < 1.29 is 9.18 Å². The van der Waals surface area contributed by atoms with Crippen molar-refractivity contribution in [3.63, 3.8) is 0 Å². The fourth-order valence-corrected chi connectivity index (χ4v) is 3.37. The van der Waals surface area contributed by atoms with Gasteiger partial charge in [-0.2, -0.15) is 0 Å². The Balaban J connectivity index is 1.57. The number of amides is 1. The monoisotopic (exact) mass is 289 g/mol. The summed E-state index contributed by atoms with van der Waals surface area (Å²) >= 11 is 1.74. The van der Waals surface area contributed by atoms with Gasteiger partial charge in [0.05, 0.1) is 6.42 Å². The van der Waals surface area contributed by atoms with Crippen molar-refractivity contribution in [1.29, 1.82) is 0 Å². The maximum atomic E-state index is 13.5. The second kappa shape index (κ2) is 5.37. The summed E-state index contributed by atoms with van der Waals surface area (Å²) in [6.45, 7) is 0.654. The highest BCUT2D eigenvalue weighted by molar-refractivity contribution is 7.10. The zero-order chi connectivity index (χ0) is 14.0. The summed E-state index contributed by atoms with van der Waals surface area (Å²) in [5.41, 5.74) is 0.588. The van der Waals surface area contributed by atoms with E-state index in [1.54, 1.807) is 29.5 Å². The molecule has 0 atom stereocenters. The van der Waals surface area contributed by atoms with Crippen LogP contribution in [-0.4, -0.2) is 12.5 Å². The van der Waals surface area contributed by atoms with E-state index in [1.807, 2.05) is 6.07 Å². The first kappa shape index (κ1) is 13.3. The Morgan fingerprint density at radius 3 is 2.70 bits per heavy atom. The molecule has 1 heterocycles. The van der Waals surface area contributed by atoms with E-state index in [1.165, 1.54) is 10.9 Å². The lowest BCUT2D eigenvalue weighted by atomic mass is 10.0. The maximum Gasteiger partial charge on any atom is 0.224 e. The van der Waals surface area contributed by atoms with Gasteiger partial charge in [-0.05, 0) is 35.9 Å². The van der Waals surface area contributed by atoms with Crippen LogP contribution in [0.1, 0.15) is 23.3 Å². The molecule has 1 aliphatic rings. The minimum atomic E-state index is -0.318. The second-order valence-corrected chi connectivity index (χ2v) is 6.25. The van der Waals surface area contributed by atoms with Crippen molar-refractivity contribution in [2.45, 2.75) is 24.7 Å². The van der Waals surface area contributed by atoms with Gasteiger partial charge in [-0.15, -0.1) is 11.3 Å². The number of rotatable bonds is 5. The summed E-state index contributed by atoms with van der Waals surface area (Å²) < 4.78 is 13.5. The normalized spacial score (nSPS) is 15.8. The van der Waals surface area contributed by atoms with E-state index < -0.39 is 0 Å². The summed E-state index contributed by atoms with van der Waals surface area (Å²) in [7, 11) is 0. The topological polar surface area (TPSA) is 29.1 Å². The molecule has 1 fully saturated rings. The summed E-state index contributed by atoms with van der Waals surface area (Å²) in [5, 5.41) is 5.02. The maximum absolute atomic E-state index is 13.5. The van der Waals surface area contributed by atoms with Gasteiger partial charge in [0.1, 0.15) is 5.82 Å². The lowest BCUT2D eigenvalue weighted by Crippen LogP contribution is -2.33. The predicted octanol–water partition coefficient (Wildman–Crippen LogP) is 3.28. The number of benzene rings is 1. The third-order valence-corrected chi connectivity index (χ3v) is 4.95. The lowest BCUT2D eigenvalue weighted by Gasteiger charge is -2.14. The Hall–Kier alpha value is -1.68. The molecule has 20 heavy (non-hydrogen) atoms. The van der Waals surface area contributed by atoms with Crippen LogP contribution in [0.5, 0.6) is 0 Å². The second-order valence-electron chi connectivity index (χ2n) is 5.30. The summed E-state index contributed by atoms with van der Waals surface area (Å²) in [5.74, 6) is -0.431. The molecule has 0 bridgehead atoms. The third kappa shape index (κ3) is 2.75. The molecule has 104 valence electrons. The first-order chi connectivity index (χ1) is 9.70. The molecule has 2 nitrogen and oxygen atoms in total. The molecular formula is C16H16FNOS. The van der Waals surface area contributed by atoms with Crippen LogP contribution in [0.3, 0.4) is 0 Å². The molecule has 3 rings (SSSR count). The van der Waals surface area contributed by atoms with Gasteiger partial charge in [-0.25, -0.2) is 4.39 Å². The molecule has 1 aliphatic carbocycles. The molecule has 1 N–H and O–H groups in total. The van der Waals surface area contributed by atoms with Gasteiger partial charge >= 0.3 is 0 Å². The van der Waals surface area contributed by atoms with Crippen LogP contribution in [0.25, 0.3) is 0 Å². The highest BCUT2D eigenvalue weighted by Gasteiger charge is 2.45. The highest BCUT2D eigenvalue weighted by Crippen LogP contribution is 2.49. The van der Waals surface area contributed by atoms with Crippen molar-refractivity contribution in [1.82, 2.24) is 5.32 Å². The number of carbonyl (C=O) groups is 1. The quantitative estimate of drug-likeness (QED) is 0.899. The van der Waals surface area contributed by atoms with Crippen molar-refractivity contribution >= 4 is 17.2 Å². The van der Waals surface area contributed by atoms with Crippen molar-refractivity contribution in [3.05, 3.63) is 58.0 Å². The molecule has 0 saturated heterocycles. The molecule has 4 heteroatoms. The number of hydrogen-bond acceptors (Lipinski definition) is 2. The van der Waals surface area contributed by atoms with E-state index in [2.05, 4.69) is 16.8 Å². The largest absolute Gasteiger partial charge is 0.355 e. The van der Waals surface area contributed by atoms with Crippen molar-refractivity contribution in [3.8, 4) is 0 Å². The predicted molar refractivity (Wildman–Crippen MR) is 78.3 cm³/mol. The van der Waals surface area contributed by atoms with Gasteiger partial charge in [0.25, 0.3) is 0 Å². The fourth-order valence-electron chi connectivity index (χ4n) is 2.39. The first-order valence-electron chi connectivity index (χ1n) is 6.74. The van der Waals surface area contributed by atoms with Crippen LogP contribution < -0.4 is 5.32 Å². The van der Waals surface area contributed by atoms with E-state index >= 15 is 0 Å². The Morgan fingerprint density at radius 1 is 1.25 bits per heavy atom. The van der Waals surface area contributed by atoms with Gasteiger partial charge in [-0.3, -0.25) is 4.79 Å². The van der Waals surface area contributed by atoms with Crippen molar-refractivity contribution in [2.75, 3.05) is 6.54 Å². The van der Waals surface area contributed by atoms with E-state index in [9.17, 15) is 9.18 Å². The molecular weight excluding hydrogens is 273 g/mol. The third-order valence-electron chi connectivity index (χ3n) is 3.83. The molecule has 1 aromatic heterocycles. The smallest absolute Gasteiger partial charge is 0.224 e. The lowest BCUT2D eigenvalue weighted by molar-refractivity contribution is -0.120. The number of halogens is 1. The Kier molecular flexibility index (Phi) is 3.57. The molecule has 1 aromatic carbocycles. The van der Waals surface area contributed by atoms with E-state index in [4.69, 9.17) is 0 Å². The first-order valence-corrected chi connectivity index (χ1v) is 7.62. The van der Waals surface area contributed by atoms with E-state index in [0.717, 1.165) is 12.8 Å². The van der Waals surface area contributed by atoms with Crippen LogP contribution in [0.4, 0.5) is 4.39 Å². The summed E-state index contributed by atoms with van der Waals surface area (Å²) in [4.78, 5) is 13.3. The van der Waals surface area contributed by atoms with Crippen LogP contribution in [-0.2, 0) is 16.6 Å². The van der Waals surface area contributed by atoms with Gasteiger partial charge in [0, 0.05) is 16.8 Å². The van der Waals surface area contributed by atoms with Crippen molar-refractivity contribution in [2.24, 2.45) is 0 Å². The summed E-state index contributed by atoms with van der Waals surface area (Å²) in [6.07, 6.45) is 2.34. The molecule has 1 saturated carbocycles. The fraction of sp³-hybridized carbons (Fsp3) is 0.312. The molecule has 0 aliphatic heterocycles. The Labute approximate surface area is 121 Å². The molecule has 2 aromatic rings. The zero-order valence-electron chi connectivity index (χ0n) is 11.1. The van der Waals surface area contributed by atoms with E-state index in [0.29, 0.717) is 12.1 Å². The highest BCUT2D eigenvalue weighted by atomic mass is 32.1. The number of nitrogens with one attached hydrogen (secondary N) is 1. The number of carbonyl (C=O) groups excluding carboxylic acids is 1. The molecule has 0 spiro atoms. The van der Waals surface area contributed by atoms with Gasteiger partial charge < -0.3 is 5.32 Å². The van der Waals surface area contributed by atoms with Gasteiger partial charge in [-0.1, -0.05) is 24.3 Å². The van der Waals surface area contributed by atoms with Crippen LogP contribution in [0.15, 0.2) is 41.8 Å².